The van der Waals surface area contributed by atoms with Gasteiger partial charge in [-0.1, -0.05) is 26.0 Å². The van der Waals surface area contributed by atoms with E-state index in [1.54, 1.807) is 18.5 Å². The van der Waals surface area contributed by atoms with Crippen molar-refractivity contribution in [3.05, 3.63) is 48.3 Å². The van der Waals surface area contributed by atoms with Gasteiger partial charge in [-0.2, -0.15) is 10.2 Å². The van der Waals surface area contributed by atoms with Gasteiger partial charge in [0, 0.05) is 6.07 Å². The molecule has 16 heavy (non-hydrogen) atoms. The summed E-state index contributed by atoms with van der Waals surface area (Å²) in [5, 5.41) is 7.45. The van der Waals surface area contributed by atoms with Crippen LogP contribution in [0.15, 0.2) is 42.7 Å². The van der Waals surface area contributed by atoms with Crippen molar-refractivity contribution in [2.75, 3.05) is 0 Å². The molecule has 0 spiro atoms. The molecule has 0 unspecified atom stereocenters. The van der Waals surface area contributed by atoms with Gasteiger partial charge in [0.15, 0.2) is 0 Å². The highest BCUT2D eigenvalue weighted by Gasteiger charge is 2.00. The van der Waals surface area contributed by atoms with Crippen LogP contribution < -0.4 is 4.74 Å². The van der Waals surface area contributed by atoms with Gasteiger partial charge in [-0.15, -0.1) is 0 Å². The topological polar surface area (TPSA) is 35.0 Å². The van der Waals surface area contributed by atoms with Gasteiger partial charge in [0.2, 0.25) is 0 Å². The third kappa shape index (κ3) is 2.57. The van der Waals surface area contributed by atoms with E-state index in [4.69, 9.17) is 4.74 Å². The Labute approximate surface area is 95.1 Å². The van der Waals surface area contributed by atoms with E-state index in [2.05, 4.69) is 36.2 Å². The molecule has 82 valence electrons. The molecule has 2 aromatic rings. The van der Waals surface area contributed by atoms with Crippen LogP contribution in [-0.2, 0) is 0 Å². The van der Waals surface area contributed by atoms with Gasteiger partial charge < -0.3 is 4.74 Å². The molecule has 1 heterocycles. The summed E-state index contributed by atoms with van der Waals surface area (Å²) in [6.07, 6.45) is 3.20. The molecular formula is C13H14N2O. The SMILES string of the molecule is CC(C)c1ccc(Oc2ccnnc2)cc1. The maximum absolute atomic E-state index is 5.61. The Morgan fingerprint density at radius 2 is 1.69 bits per heavy atom. The average Bonchev–Trinajstić information content (AvgIpc) is 2.31. The van der Waals surface area contributed by atoms with E-state index in [-0.39, 0.29) is 0 Å². The molecular weight excluding hydrogens is 200 g/mol. The summed E-state index contributed by atoms with van der Waals surface area (Å²) >= 11 is 0. The summed E-state index contributed by atoms with van der Waals surface area (Å²) in [5.74, 6) is 2.06. The molecule has 0 aliphatic heterocycles. The molecule has 0 atom stereocenters. The van der Waals surface area contributed by atoms with Crippen LogP contribution in [0.2, 0.25) is 0 Å². The molecule has 0 saturated heterocycles. The summed E-state index contributed by atoms with van der Waals surface area (Å²) in [5.41, 5.74) is 1.31. The van der Waals surface area contributed by atoms with Crippen LogP contribution in [0.25, 0.3) is 0 Å². The number of hydrogen-bond donors (Lipinski definition) is 0. The Morgan fingerprint density at radius 1 is 0.938 bits per heavy atom. The second kappa shape index (κ2) is 4.75. The number of benzene rings is 1. The van der Waals surface area contributed by atoms with Crippen LogP contribution in [0.4, 0.5) is 0 Å². The van der Waals surface area contributed by atoms with Crippen molar-refractivity contribution in [2.24, 2.45) is 0 Å². The lowest BCUT2D eigenvalue weighted by atomic mass is 10.0. The van der Waals surface area contributed by atoms with Crippen LogP contribution in [0.3, 0.4) is 0 Å². The first-order valence-electron chi connectivity index (χ1n) is 5.30. The normalized spacial score (nSPS) is 10.4. The molecule has 0 amide bonds. The molecule has 2 rings (SSSR count). The molecule has 1 aromatic carbocycles. The van der Waals surface area contributed by atoms with Crippen LogP contribution in [-0.4, -0.2) is 10.2 Å². The minimum Gasteiger partial charge on any atom is -0.456 e. The summed E-state index contributed by atoms with van der Waals surface area (Å²) in [6.45, 7) is 4.34. The van der Waals surface area contributed by atoms with Crippen molar-refractivity contribution in [3.8, 4) is 11.5 Å². The molecule has 0 bridgehead atoms. The fourth-order valence-corrected chi connectivity index (χ4v) is 1.40. The Bertz CT molecular complexity index is 437. The second-order valence-electron chi connectivity index (χ2n) is 3.90. The Morgan fingerprint density at radius 3 is 2.25 bits per heavy atom. The zero-order valence-corrected chi connectivity index (χ0v) is 9.42. The summed E-state index contributed by atoms with van der Waals surface area (Å²) in [4.78, 5) is 0. The van der Waals surface area contributed by atoms with E-state index in [0.717, 1.165) is 5.75 Å². The minimum absolute atomic E-state index is 0.539. The predicted molar refractivity (Wildman–Crippen MR) is 62.6 cm³/mol. The van der Waals surface area contributed by atoms with Crippen molar-refractivity contribution >= 4 is 0 Å². The number of ether oxygens (including phenoxy) is 1. The third-order valence-electron chi connectivity index (χ3n) is 2.34. The Balaban J connectivity index is 2.11. The number of nitrogens with zero attached hydrogens (tertiary/aromatic N) is 2. The minimum atomic E-state index is 0.539. The molecule has 0 saturated carbocycles. The van der Waals surface area contributed by atoms with Crippen molar-refractivity contribution in [2.45, 2.75) is 19.8 Å². The molecule has 3 heteroatoms. The quantitative estimate of drug-likeness (QED) is 0.785. The number of rotatable bonds is 3. The zero-order chi connectivity index (χ0) is 11.4. The van der Waals surface area contributed by atoms with Gasteiger partial charge in [-0.05, 0) is 23.6 Å². The van der Waals surface area contributed by atoms with E-state index >= 15 is 0 Å². The largest absolute Gasteiger partial charge is 0.456 e. The standard InChI is InChI=1S/C13H14N2O/c1-10(2)11-3-5-12(6-4-11)16-13-7-8-14-15-9-13/h3-10H,1-2H3. The molecule has 1 aromatic heterocycles. The highest BCUT2D eigenvalue weighted by Crippen LogP contribution is 2.22. The lowest BCUT2D eigenvalue weighted by Crippen LogP contribution is -1.89. The van der Waals surface area contributed by atoms with Crippen LogP contribution >= 0.6 is 0 Å². The maximum atomic E-state index is 5.61. The first kappa shape index (κ1) is 10.6. The lowest BCUT2D eigenvalue weighted by molar-refractivity contribution is 0.478. The first-order valence-corrected chi connectivity index (χ1v) is 5.30. The monoisotopic (exact) mass is 214 g/mol. The maximum Gasteiger partial charge on any atom is 0.149 e. The third-order valence-corrected chi connectivity index (χ3v) is 2.34. The lowest BCUT2D eigenvalue weighted by Gasteiger charge is -2.07. The molecule has 0 N–H and O–H groups in total. The van der Waals surface area contributed by atoms with Crippen LogP contribution in [0.1, 0.15) is 25.3 Å². The van der Waals surface area contributed by atoms with Crippen molar-refractivity contribution < 1.29 is 4.74 Å². The van der Waals surface area contributed by atoms with Gasteiger partial charge in [-0.25, -0.2) is 0 Å². The number of hydrogen-bond acceptors (Lipinski definition) is 3. The fraction of sp³-hybridized carbons (Fsp3) is 0.231. The van der Waals surface area contributed by atoms with Crippen molar-refractivity contribution in [1.29, 1.82) is 0 Å². The first-order chi connectivity index (χ1) is 7.75. The molecule has 0 aliphatic carbocycles. The van der Waals surface area contributed by atoms with E-state index in [1.807, 2.05) is 12.1 Å². The predicted octanol–water partition coefficient (Wildman–Crippen LogP) is 3.39. The molecule has 0 fully saturated rings. The summed E-state index contributed by atoms with van der Waals surface area (Å²) in [6, 6.07) is 9.87. The molecule has 0 radical (unpaired) electrons. The zero-order valence-electron chi connectivity index (χ0n) is 9.42. The van der Waals surface area contributed by atoms with E-state index in [9.17, 15) is 0 Å². The molecule has 3 nitrogen and oxygen atoms in total. The smallest absolute Gasteiger partial charge is 0.149 e. The average molecular weight is 214 g/mol. The van der Waals surface area contributed by atoms with Gasteiger partial charge in [0.05, 0.1) is 12.4 Å². The van der Waals surface area contributed by atoms with E-state index in [0.29, 0.717) is 11.7 Å². The van der Waals surface area contributed by atoms with Gasteiger partial charge in [0.1, 0.15) is 11.5 Å². The van der Waals surface area contributed by atoms with Gasteiger partial charge in [-0.3, -0.25) is 0 Å². The van der Waals surface area contributed by atoms with Crippen LogP contribution in [0, 0.1) is 0 Å². The highest BCUT2D eigenvalue weighted by molar-refractivity contribution is 5.32. The molecule has 0 aliphatic rings. The van der Waals surface area contributed by atoms with Crippen LogP contribution in [0.5, 0.6) is 11.5 Å². The second-order valence-corrected chi connectivity index (χ2v) is 3.90. The fourth-order valence-electron chi connectivity index (χ4n) is 1.40. The Hall–Kier alpha value is -1.90. The van der Waals surface area contributed by atoms with Gasteiger partial charge >= 0.3 is 0 Å². The summed E-state index contributed by atoms with van der Waals surface area (Å²) < 4.78 is 5.61. The van der Waals surface area contributed by atoms with Gasteiger partial charge in [0.25, 0.3) is 0 Å². The van der Waals surface area contributed by atoms with E-state index < -0.39 is 0 Å². The number of aromatic nitrogens is 2. The van der Waals surface area contributed by atoms with E-state index in [1.165, 1.54) is 5.56 Å². The van der Waals surface area contributed by atoms with Crippen molar-refractivity contribution in [1.82, 2.24) is 10.2 Å². The Kier molecular flexibility index (Phi) is 3.15. The van der Waals surface area contributed by atoms with Crippen molar-refractivity contribution in [3.63, 3.8) is 0 Å². The summed E-state index contributed by atoms with van der Waals surface area (Å²) in [7, 11) is 0. The highest BCUT2D eigenvalue weighted by atomic mass is 16.5.